The predicted molar refractivity (Wildman–Crippen MR) is 249 cm³/mol. The van der Waals surface area contributed by atoms with Gasteiger partial charge in [-0.3, -0.25) is 9.97 Å². The van der Waals surface area contributed by atoms with Gasteiger partial charge in [0, 0.05) is 62.4 Å². The fraction of sp³-hybridized carbons (Fsp3) is 0.0179. The molecule has 0 fully saturated rings. The number of rotatable bonds is 6. The number of hydrogen-bond donors (Lipinski definition) is 0. The molecule has 6 aromatic carbocycles. The molecular weight excluding hydrogens is 775 g/mol. The molecule has 10 aromatic rings. The maximum Gasteiger partial charge on any atom is 0.160 e. The summed E-state index contributed by atoms with van der Waals surface area (Å²) in [7, 11) is 0. The molecule has 1 spiro atoms. The average Bonchev–Trinajstić information content (AvgIpc) is 3.64. The lowest BCUT2D eigenvalue weighted by Crippen LogP contribution is -2.31. The van der Waals surface area contributed by atoms with Crippen LogP contribution in [0.25, 0.3) is 78.7 Å². The fourth-order valence-corrected chi connectivity index (χ4v) is 10.5. The van der Waals surface area contributed by atoms with Crippen LogP contribution in [0.4, 0.5) is 0 Å². The smallest absolute Gasteiger partial charge is 0.160 e. The molecule has 0 atom stereocenters. The van der Waals surface area contributed by atoms with Crippen molar-refractivity contribution < 1.29 is 0 Å². The molecule has 0 radical (unpaired) electrons. The molecule has 1 aliphatic heterocycles. The third kappa shape index (κ3) is 5.91. The minimum atomic E-state index is -0.529. The zero-order valence-corrected chi connectivity index (χ0v) is 34.2. The molecule has 0 unspecified atom stereocenters. The van der Waals surface area contributed by atoms with E-state index in [0.717, 1.165) is 61.7 Å². The van der Waals surface area contributed by atoms with Crippen molar-refractivity contribution in [2.24, 2.45) is 0 Å². The van der Waals surface area contributed by atoms with Crippen molar-refractivity contribution in [2.75, 3.05) is 0 Å². The molecule has 12 rings (SSSR count). The Morgan fingerprint density at radius 2 is 0.758 bits per heavy atom. The summed E-state index contributed by atoms with van der Waals surface area (Å²) in [6.07, 6.45) is 7.28. The third-order valence-corrected chi connectivity index (χ3v) is 13.3. The van der Waals surface area contributed by atoms with Gasteiger partial charge in [-0.2, -0.15) is 0 Å². The van der Waals surface area contributed by atoms with E-state index in [1.165, 1.54) is 43.2 Å². The minimum Gasteiger partial charge on any atom is -0.265 e. The monoisotopic (exact) mass is 809 g/mol. The van der Waals surface area contributed by atoms with Gasteiger partial charge in [-0.05, 0) is 111 Å². The average molecular weight is 810 g/mol. The second-order valence-corrected chi connectivity index (χ2v) is 16.7. The molecule has 0 saturated heterocycles. The van der Waals surface area contributed by atoms with E-state index >= 15 is 0 Å². The molecular formula is C56H35N5S. The summed E-state index contributed by atoms with van der Waals surface area (Å²) in [6.45, 7) is 0. The number of fused-ring (bicyclic) bond motifs is 9. The summed E-state index contributed by atoms with van der Waals surface area (Å²) in [5.74, 6) is 0.696. The highest BCUT2D eigenvalue weighted by Gasteiger charge is 2.50. The first-order valence-corrected chi connectivity index (χ1v) is 21.5. The Morgan fingerprint density at radius 1 is 0.306 bits per heavy atom. The van der Waals surface area contributed by atoms with Gasteiger partial charge in [0.2, 0.25) is 0 Å². The first-order chi connectivity index (χ1) is 30.7. The summed E-state index contributed by atoms with van der Waals surface area (Å²) < 4.78 is 0. The van der Waals surface area contributed by atoms with Gasteiger partial charge in [0.25, 0.3) is 0 Å². The molecule has 0 N–H and O–H groups in total. The van der Waals surface area contributed by atoms with Crippen LogP contribution in [-0.4, -0.2) is 24.9 Å². The maximum atomic E-state index is 5.27. The highest BCUT2D eigenvalue weighted by atomic mass is 32.2. The zero-order chi connectivity index (χ0) is 41.0. The highest BCUT2D eigenvalue weighted by Crippen LogP contribution is 2.62. The van der Waals surface area contributed by atoms with Crippen LogP contribution in [0.5, 0.6) is 0 Å². The fourth-order valence-electron chi connectivity index (χ4n) is 9.35. The van der Waals surface area contributed by atoms with Gasteiger partial charge in [0.05, 0.1) is 28.2 Å². The molecule has 2 aliphatic rings. The lowest BCUT2D eigenvalue weighted by atomic mass is 9.67. The number of pyridine rings is 3. The van der Waals surface area contributed by atoms with Crippen molar-refractivity contribution in [1.29, 1.82) is 0 Å². The Morgan fingerprint density at radius 3 is 1.34 bits per heavy atom. The third-order valence-electron chi connectivity index (χ3n) is 12.2. The first kappa shape index (κ1) is 36.1. The lowest BCUT2D eigenvalue weighted by molar-refractivity contribution is 0.722. The van der Waals surface area contributed by atoms with Gasteiger partial charge >= 0.3 is 0 Å². The Bertz CT molecular complexity index is 2980. The van der Waals surface area contributed by atoms with Crippen molar-refractivity contribution in [2.45, 2.75) is 15.2 Å². The molecule has 0 bridgehead atoms. The zero-order valence-electron chi connectivity index (χ0n) is 33.4. The molecule has 1 aliphatic carbocycles. The van der Waals surface area contributed by atoms with Crippen LogP contribution < -0.4 is 0 Å². The first-order valence-electron chi connectivity index (χ1n) is 20.7. The summed E-state index contributed by atoms with van der Waals surface area (Å²) in [5.41, 5.74) is 17.8. The van der Waals surface area contributed by atoms with Gasteiger partial charge in [-0.1, -0.05) is 133 Å². The lowest BCUT2D eigenvalue weighted by Gasteiger charge is -2.39. The number of hydrogen-bond acceptors (Lipinski definition) is 6. The summed E-state index contributed by atoms with van der Waals surface area (Å²) in [4.78, 5) is 26.7. The summed E-state index contributed by atoms with van der Waals surface area (Å²) >= 11 is 1.86. The van der Waals surface area contributed by atoms with Gasteiger partial charge in [-0.25, -0.2) is 15.0 Å². The van der Waals surface area contributed by atoms with Crippen LogP contribution in [0.1, 0.15) is 22.3 Å². The van der Waals surface area contributed by atoms with Crippen LogP contribution in [-0.2, 0) is 5.41 Å². The van der Waals surface area contributed by atoms with E-state index in [1.54, 1.807) is 0 Å². The van der Waals surface area contributed by atoms with Crippen LogP contribution in [0.15, 0.2) is 223 Å². The van der Waals surface area contributed by atoms with Crippen molar-refractivity contribution >= 4 is 11.8 Å². The summed E-state index contributed by atoms with van der Waals surface area (Å²) in [6, 6.07) is 67.2. The van der Waals surface area contributed by atoms with Gasteiger partial charge < -0.3 is 0 Å². The second-order valence-electron chi connectivity index (χ2n) is 15.7. The Balaban J connectivity index is 1.11. The maximum absolute atomic E-state index is 5.27. The van der Waals surface area contributed by atoms with E-state index in [2.05, 4.69) is 149 Å². The Hall–Kier alpha value is -7.80. The van der Waals surface area contributed by atoms with Crippen molar-refractivity contribution in [3.05, 3.63) is 235 Å². The topological polar surface area (TPSA) is 64.5 Å². The highest BCUT2D eigenvalue weighted by molar-refractivity contribution is 7.99. The van der Waals surface area contributed by atoms with E-state index < -0.39 is 5.41 Å². The van der Waals surface area contributed by atoms with E-state index in [-0.39, 0.29) is 0 Å². The molecule has 5 nitrogen and oxygen atoms in total. The van der Waals surface area contributed by atoms with Crippen LogP contribution >= 0.6 is 11.8 Å². The van der Waals surface area contributed by atoms with Gasteiger partial charge in [0.15, 0.2) is 5.82 Å². The summed E-state index contributed by atoms with van der Waals surface area (Å²) in [5, 5.41) is 0. The van der Waals surface area contributed by atoms with Gasteiger partial charge in [0.1, 0.15) is 0 Å². The standard InChI is InChI=1S/C56H35N5S/c1-3-11-36(12-4-1)51-35-52(61-55(60-51)39-13-5-2-6-14-39)41-20-22-46-44(32-41)43-31-40(42-33-49(37-23-27-57-28-24-37)59-50(34-42)38-25-29-58-30-26-38)19-21-45(43)56(46)47-15-7-9-17-53(47)62-54-18-10-8-16-48(54)56/h1-35H. The molecule has 5 heterocycles. The normalized spacial score (nSPS) is 12.9. The van der Waals surface area contributed by atoms with E-state index in [4.69, 9.17) is 15.0 Å². The van der Waals surface area contributed by atoms with Gasteiger partial charge in [-0.15, -0.1) is 0 Å². The van der Waals surface area contributed by atoms with Crippen LogP contribution in [0.2, 0.25) is 0 Å². The number of aromatic nitrogens is 5. The quantitative estimate of drug-likeness (QED) is 0.167. The second kappa shape index (κ2) is 14.7. The molecule has 0 amide bonds. The molecule has 62 heavy (non-hydrogen) atoms. The van der Waals surface area contributed by atoms with Crippen LogP contribution in [0, 0.1) is 0 Å². The Labute approximate surface area is 364 Å². The molecule has 6 heteroatoms. The van der Waals surface area contributed by atoms with E-state index in [1.807, 2.05) is 85.1 Å². The molecule has 0 saturated carbocycles. The molecule has 4 aromatic heterocycles. The predicted octanol–water partition coefficient (Wildman–Crippen LogP) is 13.5. The SMILES string of the molecule is c1ccc(-c2cc(-c3ccc4c(c3)-c3cc(-c5cc(-c6ccncc6)nc(-c6ccncc6)c5)ccc3C43c4ccccc4Sc4ccccc43)nc(-c3ccccc3)n2)cc1. The molecule has 290 valence electrons. The van der Waals surface area contributed by atoms with Crippen molar-refractivity contribution in [1.82, 2.24) is 24.9 Å². The minimum absolute atomic E-state index is 0.529. The Kier molecular flexibility index (Phi) is 8.57. The van der Waals surface area contributed by atoms with E-state index in [0.29, 0.717) is 5.82 Å². The largest absolute Gasteiger partial charge is 0.265 e. The van der Waals surface area contributed by atoms with E-state index in [9.17, 15) is 0 Å². The van der Waals surface area contributed by atoms with Crippen LogP contribution in [0.3, 0.4) is 0 Å². The van der Waals surface area contributed by atoms with Crippen molar-refractivity contribution in [3.63, 3.8) is 0 Å². The van der Waals surface area contributed by atoms with Crippen molar-refractivity contribution in [3.8, 4) is 78.7 Å². The number of benzene rings is 6. The number of nitrogens with zero attached hydrogens (tertiary/aromatic N) is 5.